The van der Waals surface area contributed by atoms with Crippen LogP contribution in [-0.2, 0) is 0 Å². The zero-order valence-corrected chi connectivity index (χ0v) is 20.1. The van der Waals surface area contributed by atoms with Gasteiger partial charge in [-0.05, 0) is 38.2 Å². The van der Waals surface area contributed by atoms with E-state index in [4.69, 9.17) is 19.3 Å². The molecule has 0 bridgehead atoms. The van der Waals surface area contributed by atoms with Crippen molar-refractivity contribution in [2.75, 3.05) is 52.9 Å². The highest BCUT2D eigenvalue weighted by Crippen LogP contribution is 2.32. The number of aliphatic hydroxyl groups is 1. The fraction of sp³-hybridized carbons (Fsp3) is 0.333. The van der Waals surface area contributed by atoms with Gasteiger partial charge in [0.25, 0.3) is 5.56 Å². The molecule has 2 aromatic heterocycles. The SMILES string of the molecule is COc1cc(OC)c2nc(Nc3nc4ccc(OCCN(C)CCO)cc4c(=O)[nH]3)nc(C)c2c1. The molecule has 0 unspecified atom stereocenters. The Labute approximate surface area is 201 Å². The molecule has 0 fully saturated rings. The molecule has 11 heteroatoms. The van der Waals surface area contributed by atoms with Crippen LogP contribution in [0.1, 0.15) is 5.69 Å². The predicted octanol–water partition coefficient (Wildman–Crippen LogP) is 2.24. The molecule has 4 rings (SSSR count). The van der Waals surface area contributed by atoms with E-state index in [9.17, 15) is 4.79 Å². The van der Waals surface area contributed by atoms with Crippen molar-refractivity contribution in [3.8, 4) is 17.2 Å². The summed E-state index contributed by atoms with van der Waals surface area (Å²) in [5.41, 5.74) is 1.50. The van der Waals surface area contributed by atoms with Crippen molar-refractivity contribution in [2.45, 2.75) is 6.92 Å². The Hall–Kier alpha value is -3.96. The van der Waals surface area contributed by atoms with Crippen LogP contribution in [0.25, 0.3) is 21.8 Å². The molecular formula is C24H28N6O5. The van der Waals surface area contributed by atoms with Crippen molar-refractivity contribution in [2.24, 2.45) is 0 Å². The fourth-order valence-electron chi connectivity index (χ4n) is 3.63. The maximum absolute atomic E-state index is 12.8. The van der Waals surface area contributed by atoms with Crippen LogP contribution in [0, 0.1) is 6.92 Å². The first-order valence-electron chi connectivity index (χ1n) is 11.1. The lowest BCUT2D eigenvalue weighted by atomic mass is 10.1. The molecule has 0 saturated heterocycles. The number of nitrogens with zero attached hydrogens (tertiary/aromatic N) is 4. The Kier molecular flexibility index (Phi) is 7.28. The van der Waals surface area contributed by atoms with E-state index in [0.717, 1.165) is 5.39 Å². The molecule has 184 valence electrons. The molecule has 0 aliphatic carbocycles. The van der Waals surface area contributed by atoms with Crippen LogP contribution in [0.4, 0.5) is 11.9 Å². The standard InChI is InChI=1S/C24H28N6O5/c1-14-17-12-16(33-3)13-20(34-4)21(17)27-23(25-14)29-24-26-19-6-5-15(11-18(19)22(32)28-24)35-10-8-30(2)7-9-31/h5-6,11-13,31H,7-10H2,1-4H3,(H2,25,26,27,28,29,32). The number of aryl methyl sites for hydroxylation is 1. The molecule has 0 amide bonds. The molecule has 2 aromatic carbocycles. The maximum Gasteiger partial charge on any atom is 0.260 e. The van der Waals surface area contributed by atoms with Crippen LogP contribution in [0.3, 0.4) is 0 Å². The lowest BCUT2D eigenvalue weighted by Gasteiger charge is -2.15. The Bertz CT molecular complexity index is 1410. The third-order valence-electron chi connectivity index (χ3n) is 5.52. The molecular weight excluding hydrogens is 452 g/mol. The van der Waals surface area contributed by atoms with Crippen molar-refractivity contribution in [3.05, 3.63) is 46.4 Å². The molecule has 11 nitrogen and oxygen atoms in total. The molecule has 0 radical (unpaired) electrons. The quantitative estimate of drug-likeness (QED) is 0.310. The molecule has 3 N–H and O–H groups in total. The van der Waals surface area contributed by atoms with Gasteiger partial charge in [-0.1, -0.05) is 0 Å². The minimum Gasteiger partial charge on any atom is -0.497 e. The molecule has 35 heavy (non-hydrogen) atoms. The van der Waals surface area contributed by atoms with Gasteiger partial charge in [-0.2, -0.15) is 0 Å². The van der Waals surface area contributed by atoms with E-state index >= 15 is 0 Å². The average Bonchev–Trinajstić information content (AvgIpc) is 2.84. The van der Waals surface area contributed by atoms with Gasteiger partial charge in [-0.25, -0.2) is 15.0 Å². The first-order chi connectivity index (χ1) is 16.9. The molecule has 0 aliphatic heterocycles. The number of nitrogens with one attached hydrogen (secondary N) is 2. The van der Waals surface area contributed by atoms with Crippen LogP contribution < -0.4 is 25.1 Å². The zero-order valence-electron chi connectivity index (χ0n) is 20.1. The monoisotopic (exact) mass is 480 g/mol. The van der Waals surface area contributed by atoms with Crippen molar-refractivity contribution in [3.63, 3.8) is 0 Å². The van der Waals surface area contributed by atoms with Crippen molar-refractivity contribution < 1.29 is 19.3 Å². The van der Waals surface area contributed by atoms with E-state index in [1.54, 1.807) is 38.5 Å². The minimum atomic E-state index is -0.319. The minimum absolute atomic E-state index is 0.0932. The van der Waals surface area contributed by atoms with Crippen LogP contribution in [-0.4, -0.2) is 77.5 Å². The Balaban J connectivity index is 1.58. The summed E-state index contributed by atoms with van der Waals surface area (Å²) >= 11 is 0. The number of fused-ring (bicyclic) bond motifs is 2. The molecule has 4 aromatic rings. The number of hydrogen-bond acceptors (Lipinski definition) is 10. The van der Waals surface area contributed by atoms with E-state index in [1.807, 2.05) is 24.9 Å². The summed E-state index contributed by atoms with van der Waals surface area (Å²) in [5.74, 6) is 2.24. The van der Waals surface area contributed by atoms with Gasteiger partial charge < -0.3 is 24.2 Å². The van der Waals surface area contributed by atoms with Gasteiger partial charge in [-0.15, -0.1) is 0 Å². The van der Waals surface area contributed by atoms with Crippen molar-refractivity contribution in [1.82, 2.24) is 24.8 Å². The highest BCUT2D eigenvalue weighted by atomic mass is 16.5. The Morgan fingerprint density at radius 1 is 1.03 bits per heavy atom. The fourth-order valence-corrected chi connectivity index (χ4v) is 3.63. The number of ether oxygens (including phenoxy) is 3. The molecule has 0 aliphatic rings. The van der Waals surface area contributed by atoms with Gasteiger partial charge in [0, 0.05) is 24.5 Å². The summed E-state index contributed by atoms with van der Waals surface area (Å²) in [6.07, 6.45) is 0. The molecule has 0 spiro atoms. The first-order valence-corrected chi connectivity index (χ1v) is 11.1. The van der Waals surface area contributed by atoms with E-state index in [1.165, 1.54) is 0 Å². The van der Waals surface area contributed by atoms with Gasteiger partial charge in [0.1, 0.15) is 29.4 Å². The van der Waals surface area contributed by atoms with Gasteiger partial charge in [0.15, 0.2) is 0 Å². The molecule has 0 atom stereocenters. The summed E-state index contributed by atoms with van der Waals surface area (Å²) in [6.45, 7) is 3.60. The number of likely N-dealkylation sites (N-methyl/N-ethyl adjacent to an activating group) is 1. The predicted molar refractivity (Wildman–Crippen MR) is 133 cm³/mol. The van der Waals surface area contributed by atoms with E-state index in [0.29, 0.717) is 59.1 Å². The normalized spacial score (nSPS) is 11.3. The van der Waals surface area contributed by atoms with Crippen molar-refractivity contribution in [1.29, 1.82) is 0 Å². The maximum atomic E-state index is 12.8. The number of hydrogen-bond donors (Lipinski definition) is 3. The molecule has 0 saturated carbocycles. The van der Waals surface area contributed by atoms with Crippen LogP contribution in [0.5, 0.6) is 17.2 Å². The smallest absolute Gasteiger partial charge is 0.260 e. The lowest BCUT2D eigenvalue weighted by molar-refractivity contribution is 0.192. The number of H-pyrrole nitrogens is 1. The molecule has 2 heterocycles. The van der Waals surface area contributed by atoms with Crippen LogP contribution in [0.15, 0.2) is 35.1 Å². The van der Waals surface area contributed by atoms with E-state index < -0.39 is 0 Å². The van der Waals surface area contributed by atoms with Crippen LogP contribution in [0.2, 0.25) is 0 Å². The third-order valence-corrected chi connectivity index (χ3v) is 5.52. The highest BCUT2D eigenvalue weighted by Gasteiger charge is 2.13. The van der Waals surface area contributed by atoms with Gasteiger partial charge in [0.05, 0.1) is 37.4 Å². The third kappa shape index (κ3) is 5.42. The summed E-state index contributed by atoms with van der Waals surface area (Å²) in [5, 5.41) is 13.2. The van der Waals surface area contributed by atoms with E-state index in [2.05, 4.69) is 25.3 Å². The van der Waals surface area contributed by atoms with Gasteiger partial charge in [0.2, 0.25) is 11.9 Å². The number of rotatable bonds is 10. The van der Waals surface area contributed by atoms with Crippen LogP contribution >= 0.6 is 0 Å². The second-order valence-corrected chi connectivity index (χ2v) is 7.95. The Morgan fingerprint density at radius 2 is 1.83 bits per heavy atom. The second-order valence-electron chi connectivity index (χ2n) is 7.95. The summed E-state index contributed by atoms with van der Waals surface area (Å²) in [7, 11) is 5.05. The first kappa shape index (κ1) is 24.2. The second kappa shape index (κ2) is 10.5. The number of anilines is 2. The number of aliphatic hydroxyl groups excluding tert-OH is 1. The topological polar surface area (TPSA) is 135 Å². The highest BCUT2D eigenvalue weighted by molar-refractivity contribution is 5.89. The average molecular weight is 481 g/mol. The number of aromatic nitrogens is 4. The summed E-state index contributed by atoms with van der Waals surface area (Å²) in [4.78, 5) is 31.0. The number of benzene rings is 2. The van der Waals surface area contributed by atoms with E-state index in [-0.39, 0.29) is 24.1 Å². The zero-order chi connectivity index (χ0) is 24.9. The number of aromatic amines is 1. The van der Waals surface area contributed by atoms with Gasteiger partial charge in [-0.3, -0.25) is 15.1 Å². The largest absolute Gasteiger partial charge is 0.497 e. The number of methoxy groups -OCH3 is 2. The summed E-state index contributed by atoms with van der Waals surface area (Å²) < 4.78 is 16.5. The van der Waals surface area contributed by atoms with Crippen molar-refractivity contribution >= 4 is 33.7 Å². The lowest BCUT2D eigenvalue weighted by Crippen LogP contribution is -2.27. The summed E-state index contributed by atoms with van der Waals surface area (Å²) in [6, 6.07) is 8.74. The van der Waals surface area contributed by atoms with Gasteiger partial charge >= 0.3 is 0 Å². The Morgan fingerprint density at radius 3 is 2.57 bits per heavy atom.